The smallest absolute Gasteiger partial charge is 0.253 e. The summed E-state index contributed by atoms with van der Waals surface area (Å²) in [5.41, 5.74) is 5.94. The van der Waals surface area contributed by atoms with E-state index in [2.05, 4.69) is 5.32 Å². The minimum Gasteiger partial charge on any atom is -0.398 e. The third-order valence-corrected chi connectivity index (χ3v) is 5.54. The van der Waals surface area contributed by atoms with Gasteiger partial charge in [-0.2, -0.15) is 4.31 Å². The SMILES string of the molecule is CCCN(CC(=O)NC)S(=O)(=O)c1cc(N)cs1. The number of carbonyl (C=O) groups is 1. The van der Waals surface area contributed by atoms with E-state index >= 15 is 0 Å². The van der Waals surface area contributed by atoms with Crippen LogP contribution in [0.15, 0.2) is 15.7 Å². The van der Waals surface area contributed by atoms with E-state index in [1.54, 1.807) is 5.38 Å². The van der Waals surface area contributed by atoms with Crippen molar-refractivity contribution in [2.75, 3.05) is 25.9 Å². The molecule has 1 heterocycles. The van der Waals surface area contributed by atoms with E-state index in [4.69, 9.17) is 5.73 Å². The van der Waals surface area contributed by atoms with E-state index in [0.717, 1.165) is 15.6 Å². The highest BCUT2D eigenvalue weighted by Crippen LogP contribution is 2.25. The molecule has 0 aliphatic heterocycles. The van der Waals surface area contributed by atoms with Crippen LogP contribution in [-0.2, 0) is 14.8 Å². The maximum absolute atomic E-state index is 12.3. The molecule has 0 fully saturated rings. The number of hydrogen-bond donors (Lipinski definition) is 2. The summed E-state index contributed by atoms with van der Waals surface area (Å²) in [6, 6.07) is 1.41. The topological polar surface area (TPSA) is 92.5 Å². The molecule has 1 rings (SSSR count). The summed E-state index contributed by atoms with van der Waals surface area (Å²) >= 11 is 1.06. The molecule has 1 aromatic rings. The van der Waals surface area contributed by atoms with E-state index in [9.17, 15) is 13.2 Å². The van der Waals surface area contributed by atoms with Gasteiger partial charge in [0, 0.05) is 24.7 Å². The lowest BCUT2D eigenvalue weighted by Crippen LogP contribution is -2.39. The Bertz CT molecular complexity index is 510. The van der Waals surface area contributed by atoms with Crippen molar-refractivity contribution < 1.29 is 13.2 Å². The molecule has 0 aliphatic rings. The second-order valence-corrected chi connectivity index (χ2v) is 6.79. The van der Waals surface area contributed by atoms with Crippen LogP contribution < -0.4 is 11.1 Å². The van der Waals surface area contributed by atoms with E-state index in [-0.39, 0.29) is 16.7 Å². The largest absolute Gasteiger partial charge is 0.398 e. The number of nitrogens with zero attached hydrogens (tertiary/aromatic N) is 1. The minimum atomic E-state index is -3.64. The van der Waals surface area contributed by atoms with E-state index < -0.39 is 10.0 Å². The lowest BCUT2D eigenvalue weighted by Gasteiger charge is -2.19. The third-order valence-electron chi connectivity index (χ3n) is 2.26. The minimum absolute atomic E-state index is 0.164. The van der Waals surface area contributed by atoms with E-state index in [1.165, 1.54) is 13.1 Å². The number of nitrogens with two attached hydrogens (primary N) is 1. The van der Waals surface area contributed by atoms with Gasteiger partial charge in [-0.25, -0.2) is 8.42 Å². The fourth-order valence-electron chi connectivity index (χ4n) is 1.37. The molecule has 0 spiro atoms. The number of likely N-dealkylation sites (N-methyl/N-ethyl adjacent to an activating group) is 1. The zero-order valence-electron chi connectivity index (χ0n) is 10.3. The standard InChI is InChI=1S/C10H17N3O3S2/c1-3-4-13(6-9(14)12-2)18(15,16)10-5-8(11)7-17-10/h5,7H,3-4,6,11H2,1-2H3,(H,12,14). The molecule has 8 heteroatoms. The zero-order chi connectivity index (χ0) is 13.8. The van der Waals surface area contributed by atoms with Crippen LogP contribution in [0.3, 0.4) is 0 Å². The Balaban J connectivity index is 3.00. The van der Waals surface area contributed by atoms with Crippen molar-refractivity contribution in [1.29, 1.82) is 0 Å². The molecule has 3 N–H and O–H groups in total. The Morgan fingerprint density at radius 2 is 2.22 bits per heavy atom. The number of nitrogen functional groups attached to an aromatic ring is 1. The highest BCUT2D eigenvalue weighted by Gasteiger charge is 2.26. The second kappa shape index (κ2) is 6.17. The molecular formula is C10H17N3O3S2. The van der Waals surface area contributed by atoms with Gasteiger partial charge in [0.25, 0.3) is 10.0 Å². The summed E-state index contributed by atoms with van der Waals surface area (Å²) < 4.78 is 25.9. The first-order valence-corrected chi connectivity index (χ1v) is 7.78. The van der Waals surface area contributed by atoms with Gasteiger partial charge in [-0.3, -0.25) is 4.79 Å². The molecule has 102 valence electrons. The predicted octanol–water partition coefficient (Wildman–Crippen LogP) is 0.477. The highest BCUT2D eigenvalue weighted by molar-refractivity contribution is 7.91. The first-order chi connectivity index (χ1) is 8.41. The molecule has 0 saturated carbocycles. The van der Waals surface area contributed by atoms with Gasteiger partial charge in [-0.05, 0) is 12.5 Å². The monoisotopic (exact) mass is 291 g/mol. The summed E-state index contributed by atoms with van der Waals surface area (Å²) in [5, 5.41) is 3.98. The third kappa shape index (κ3) is 3.44. The van der Waals surface area contributed by atoms with Crippen molar-refractivity contribution >= 4 is 33.0 Å². The van der Waals surface area contributed by atoms with Crippen molar-refractivity contribution in [3.8, 4) is 0 Å². The van der Waals surface area contributed by atoms with Crippen LogP contribution in [0.2, 0.25) is 0 Å². The summed E-state index contributed by atoms with van der Waals surface area (Å²) in [7, 11) is -2.16. The number of amides is 1. The Labute approximate surface area is 111 Å². The summed E-state index contributed by atoms with van der Waals surface area (Å²) in [5.74, 6) is -0.337. The molecule has 1 aromatic heterocycles. The lowest BCUT2D eigenvalue weighted by molar-refractivity contribution is -0.120. The fourth-order valence-corrected chi connectivity index (χ4v) is 4.09. The molecule has 0 saturated heterocycles. The summed E-state index contributed by atoms with van der Waals surface area (Å²) in [6.45, 7) is 1.98. The zero-order valence-corrected chi connectivity index (χ0v) is 12.0. The lowest BCUT2D eigenvalue weighted by atomic mass is 10.4. The first-order valence-electron chi connectivity index (χ1n) is 5.46. The Hall–Kier alpha value is -1.12. The van der Waals surface area contributed by atoms with Crippen LogP contribution in [0.1, 0.15) is 13.3 Å². The normalized spacial score (nSPS) is 11.7. The van der Waals surface area contributed by atoms with Crippen molar-refractivity contribution in [2.45, 2.75) is 17.6 Å². The van der Waals surface area contributed by atoms with Gasteiger partial charge in [0.05, 0.1) is 6.54 Å². The number of nitrogens with one attached hydrogen (secondary N) is 1. The van der Waals surface area contributed by atoms with Crippen LogP contribution in [0.4, 0.5) is 5.69 Å². The number of anilines is 1. The van der Waals surface area contributed by atoms with Crippen molar-refractivity contribution in [3.05, 3.63) is 11.4 Å². The predicted molar refractivity (Wildman–Crippen MR) is 71.8 cm³/mol. The average molecular weight is 291 g/mol. The maximum atomic E-state index is 12.3. The number of rotatable bonds is 6. The van der Waals surface area contributed by atoms with Crippen molar-refractivity contribution in [1.82, 2.24) is 9.62 Å². The Morgan fingerprint density at radius 1 is 1.56 bits per heavy atom. The molecular weight excluding hydrogens is 274 g/mol. The van der Waals surface area contributed by atoms with Gasteiger partial charge in [-0.15, -0.1) is 11.3 Å². The number of sulfonamides is 1. The number of hydrogen-bond acceptors (Lipinski definition) is 5. The molecule has 0 aromatic carbocycles. The van der Waals surface area contributed by atoms with Crippen LogP contribution in [0, 0.1) is 0 Å². The maximum Gasteiger partial charge on any atom is 0.253 e. The quantitative estimate of drug-likeness (QED) is 0.797. The van der Waals surface area contributed by atoms with Gasteiger partial charge in [0.2, 0.25) is 5.91 Å². The van der Waals surface area contributed by atoms with E-state index in [1.807, 2.05) is 6.92 Å². The molecule has 0 radical (unpaired) electrons. The molecule has 6 nitrogen and oxygen atoms in total. The summed E-state index contributed by atoms with van der Waals surface area (Å²) in [4.78, 5) is 11.3. The van der Waals surface area contributed by atoms with Crippen LogP contribution >= 0.6 is 11.3 Å². The molecule has 18 heavy (non-hydrogen) atoms. The average Bonchev–Trinajstić information content (AvgIpc) is 2.75. The highest BCUT2D eigenvalue weighted by atomic mass is 32.2. The van der Waals surface area contributed by atoms with Crippen LogP contribution in [0.25, 0.3) is 0 Å². The van der Waals surface area contributed by atoms with Crippen LogP contribution in [0.5, 0.6) is 0 Å². The molecule has 1 amide bonds. The number of carbonyl (C=O) groups excluding carboxylic acids is 1. The fraction of sp³-hybridized carbons (Fsp3) is 0.500. The van der Waals surface area contributed by atoms with E-state index in [0.29, 0.717) is 18.7 Å². The first kappa shape index (κ1) is 14.9. The number of thiophene rings is 1. The molecule has 0 atom stereocenters. The molecule has 0 bridgehead atoms. The molecule has 0 unspecified atom stereocenters. The van der Waals surface area contributed by atoms with Gasteiger partial charge >= 0.3 is 0 Å². The summed E-state index contributed by atoms with van der Waals surface area (Å²) in [6.07, 6.45) is 0.636. The van der Waals surface area contributed by atoms with Crippen molar-refractivity contribution in [2.24, 2.45) is 0 Å². The Kier molecular flexibility index (Phi) is 5.12. The second-order valence-electron chi connectivity index (χ2n) is 3.71. The van der Waals surface area contributed by atoms with Gasteiger partial charge < -0.3 is 11.1 Å². The van der Waals surface area contributed by atoms with Crippen LogP contribution in [-0.4, -0.2) is 38.8 Å². The Morgan fingerprint density at radius 3 is 2.67 bits per heavy atom. The van der Waals surface area contributed by atoms with Crippen molar-refractivity contribution in [3.63, 3.8) is 0 Å². The van der Waals surface area contributed by atoms with Gasteiger partial charge in [0.15, 0.2) is 0 Å². The molecule has 0 aliphatic carbocycles. The van der Waals surface area contributed by atoms with Gasteiger partial charge in [-0.1, -0.05) is 6.92 Å². The van der Waals surface area contributed by atoms with Gasteiger partial charge in [0.1, 0.15) is 4.21 Å².